The summed E-state index contributed by atoms with van der Waals surface area (Å²) in [7, 11) is -1.75. The van der Waals surface area contributed by atoms with Crippen LogP contribution in [0.3, 0.4) is 0 Å². The Hall–Kier alpha value is -0.850. The summed E-state index contributed by atoms with van der Waals surface area (Å²) in [6.07, 6.45) is 1.48. The zero-order valence-electron chi connectivity index (χ0n) is 12.3. The summed E-state index contributed by atoms with van der Waals surface area (Å²) in [5.74, 6) is 1.04. The number of hydrogen-bond donors (Lipinski definition) is 2. The van der Waals surface area contributed by atoms with Crippen molar-refractivity contribution in [1.29, 1.82) is 0 Å². The fourth-order valence-electron chi connectivity index (χ4n) is 1.83. The van der Waals surface area contributed by atoms with Crippen molar-refractivity contribution in [2.75, 3.05) is 7.05 Å². The molecule has 6 heteroatoms. The molecule has 0 saturated heterocycles. The molecular formula is C13H24N2O3S. The van der Waals surface area contributed by atoms with Crippen LogP contribution in [-0.4, -0.2) is 21.0 Å². The molecule has 0 fully saturated rings. The summed E-state index contributed by atoms with van der Waals surface area (Å²) >= 11 is 0. The third kappa shape index (κ3) is 3.81. The fourth-order valence-corrected chi connectivity index (χ4v) is 3.58. The molecule has 0 aliphatic heterocycles. The second-order valence-corrected chi connectivity index (χ2v) is 6.69. The Balaban J connectivity index is 3.07. The molecule has 0 aromatic carbocycles. The highest BCUT2D eigenvalue weighted by Gasteiger charge is 2.30. The number of aryl methyl sites for hydroxylation is 1. The van der Waals surface area contributed by atoms with Crippen molar-refractivity contribution in [3.05, 3.63) is 17.6 Å². The van der Waals surface area contributed by atoms with Gasteiger partial charge in [-0.3, -0.25) is 0 Å². The van der Waals surface area contributed by atoms with E-state index in [2.05, 4.69) is 10.0 Å². The second kappa shape index (κ2) is 6.07. The van der Waals surface area contributed by atoms with Crippen molar-refractivity contribution >= 4 is 10.0 Å². The number of rotatable bonds is 7. The topological polar surface area (TPSA) is 71.3 Å². The van der Waals surface area contributed by atoms with Crippen molar-refractivity contribution in [3.8, 4) is 0 Å². The second-order valence-electron chi connectivity index (χ2n) is 5.04. The van der Waals surface area contributed by atoms with Crippen LogP contribution in [-0.2, 0) is 16.6 Å². The lowest BCUT2D eigenvalue weighted by Gasteiger charge is -2.27. The van der Waals surface area contributed by atoms with E-state index < -0.39 is 15.6 Å². The van der Waals surface area contributed by atoms with E-state index in [1.807, 2.05) is 20.8 Å². The lowest BCUT2D eigenvalue weighted by molar-refractivity contribution is 0.388. The Morgan fingerprint density at radius 2 is 1.89 bits per heavy atom. The van der Waals surface area contributed by atoms with E-state index in [9.17, 15) is 8.42 Å². The fraction of sp³-hybridized carbons (Fsp3) is 0.692. The Kier molecular flexibility index (Phi) is 5.18. The molecule has 110 valence electrons. The first-order valence-corrected chi connectivity index (χ1v) is 8.04. The van der Waals surface area contributed by atoms with Gasteiger partial charge in [0.2, 0.25) is 10.0 Å². The van der Waals surface area contributed by atoms with Crippen LogP contribution in [0, 0.1) is 6.92 Å². The summed E-state index contributed by atoms with van der Waals surface area (Å²) in [6.45, 7) is 8.04. The van der Waals surface area contributed by atoms with Gasteiger partial charge in [0.1, 0.15) is 16.4 Å². The van der Waals surface area contributed by atoms with Gasteiger partial charge in [-0.2, -0.15) is 0 Å². The molecule has 0 saturated carbocycles. The third-order valence-corrected chi connectivity index (χ3v) is 5.25. The van der Waals surface area contributed by atoms with Crippen LogP contribution in [0.15, 0.2) is 15.4 Å². The average Bonchev–Trinajstić information content (AvgIpc) is 2.71. The highest BCUT2D eigenvalue weighted by Crippen LogP contribution is 2.23. The monoisotopic (exact) mass is 288 g/mol. The third-order valence-electron chi connectivity index (χ3n) is 3.51. The van der Waals surface area contributed by atoms with Gasteiger partial charge in [-0.25, -0.2) is 13.1 Å². The van der Waals surface area contributed by atoms with Crippen molar-refractivity contribution in [3.63, 3.8) is 0 Å². The minimum atomic E-state index is -3.54. The van der Waals surface area contributed by atoms with E-state index >= 15 is 0 Å². The molecule has 0 spiro atoms. The molecule has 0 radical (unpaired) electrons. The van der Waals surface area contributed by atoms with Crippen LogP contribution >= 0.6 is 0 Å². The highest BCUT2D eigenvalue weighted by atomic mass is 32.2. The van der Waals surface area contributed by atoms with Gasteiger partial charge in [0, 0.05) is 11.6 Å². The Bertz CT molecular complexity index is 516. The number of nitrogens with one attached hydrogen (secondary N) is 2. The Morgan fingerprint density at radius 1 is 1.32 bits per heavy atom. The molecule has 19 heavy (non-hydrogen) atoms. The first-order valence-electron chi connectivity index (χ1n) is 6.56. The Morgan fingerprint density at radius 3 is 2.37 bits per heavy atom. The quantitative estimate of drug-likeness (QED) is 0.806. The van der Waals surface area contributed by atoms with Crippen molar-refractivity contribution in [2.24, 2.45) is 0 Å². The van der Waals surface area contributed by atoms with E-state index in [1.54, 1.807) is 20.0 Å². The minimum absolute atomic E-state index is 0.228. The Labute approximate surface area is 115 Å². The SMILES string of the molecule is CCC(C)(CC)NS(=O)(=O)c1cc(CNC)oc1C. The molecule has 5 nitrogen and oxygen atoms in total. The normalized spacial score (nSPS) is 12.9. The number of furan rings is 1. The molecule has 0 aliphatic rings. The molecular weight excluding hydrogens is 264 g/mol. The van der Waals surface area contributed by atoms with E-state index in [-0.39, 0.29) is 4.90 Å². The van der Waals surface area contributed by atoms with Gasteiger partial charge in [-0.05, 0) is 33.7 Å². The van der Waals surface area contributed by atoms with Gasteiger partial charge >= 0.3 is 0 Å². The zero-order valence-corrected chi connectivity index (χ0v) is 13.1. The summed E-state index contributed by atoms with van der Waals surface area (Å²) in [5, 5.41) is 2.94. The number of hydrogen-bond acceptors (Lipinski definition) is 4. The molecule has 1 rings (SSSR count). The zero-order chi connectivity index (χ0) is 14.7. The predicted octanol–water partition coefficient (Wildman–Crippen LogP) is 2.16. The van der Waals surface area contributed by atoms with Crippen LogP contribution in [0.1, 0.15) is 45.1 Å². The van der Waals surface area contributed by atoms with E-state index in [4.69, 9.17) is 4.42 Å². The van der Waals surface area contributed by atoms with Crippen LogP contribution in [0.5, 0.6) is 0 Å². The maximum Gasteiger partial charge on any atom is 0.244 e. The van der Waals surface area contributed by atoms with Gasteiger partial charge in [-0.15, -0.1) is 0 Å². The van der Waals surface area contributed by atoms with Crippen LogP contribution in [0.4, 0.5) is 0 Å². The smallest absolute Gasteiger partial charge is 0.244 e. The van der Waals surface area contributed by atoms with Gasteiger partial charge in [0.25, 0.3) is 0 Å². The van der Waals surface area contributed by atoms with Gasteiger partial charge in [0.15, 0.2) is 0 Å². The van der Waals surface area contributed by atoms with Crippen LogP contribution in [0.25, 0.3) is 0 Å². The van der Waals surface area contributed by atoms with Gasteiger partial charge in [0.05, 0.1) is 6.54 Å². The standard InChI is InChI=1S/C13H24N2O3S/c1-6-13(4,7-2)15-19(16,17)12-8-11(9-14-5)18-10(12)3/h8,14-15H,6-7,9H2,1-5H3. The molecule has 1 heterocycles. The molecule has 0 amide bonds. The number of sulfonamides is 1. The van der Waals surface area contributed by atoms with Crippen molar-refractivity contribution < 1.29 is 12.8 Å². The molecule has 1 aromatic heterocycles. The van der Waals surface area contributed by atoms with Gasteiger partial charge < -0.3 is 9.73 Å². The largest absolute Gasteiger partial charge is 0.464 e. The van der Waals surface area contributed by atoms with Crippen LogP contribution in [0.2, 0.25) is 0 Å². The average molecular weight is 288 g/mol. The summed E-state index contributed by atoms with van der Waals surface area (Å²) < 4.78 is 33.0. The van der Waals surface area contributed by atoms with Gasteiger partial charge in [-0.1, -0.05) is 13.8 Å². The molecule has 0 bridgehead atoms. The van der Waals surface area contributed by atoms with Crippen molar-refractivity contribution in [2.45, 2.75) is 57.5 Å². The predicted molar refractivity (Wildman–Crippen MR) is 75.5 cm³/mol. The van der Waals surface area contributed by atoms with E-state index in [0.717, 1.165) is 12.8 Å². The summed E-state index contributed by atoms with van der Waals surface area (Å²) in [5.41, 5.74) is -0.425. The van der Waals surface area contributed by atoms with Crippen molar-refractivity contribution in [1.82, 2.24) is 10.0 Å². The molecule has 0 aliphatic carbocycles. The first kappa shape index (κ1) is 16.2. The molecule has 2 N–H and O–H groups in total. The van der Waals surface area contributed by atoms with E-state index in [0.29, 0.717) is 18.1 Å². The van der Waals surface area contributed by atoms with Crippen LogP contribution < -0.4 is 10.0 Å². The molecule has 1 aromatic rings. The lowest BCUT2D eigenvalue weighted by Crippen LogP contribution is -2.44. The summed E-state index contributed by atoms with van der Waals surface area (Å²) in [6, 6.07) is 1.58. The minimum Gasteiger partial charge on any atom is -0.464 e. The highest BCUT2D eigenvalue weighted by molar-refractivity contribution is 7.89. The van der Waals surface area contributed by atoms with E-state index in [1.165, 1.54) is 0 Å². The molecule has 0 unspecified atom stereocenters. The lowest BCUT2D eigenvalue weighted by atomic mass is 9.98. The maximum absolute atomic E-state index is 12.4. The summed E-state index contributed by atoms with van der Waals surface area (Å²) in [4.78, 5) is 0.228. The molecule has 0 atom stereocenters. The first-order chi connectivity index (χ1) is 8.78. The maximum atomic E-state index is 12.4.